The summed E-state index contributed by atoms with van der Waals surface area (Å²) in [5, 5.41) is 0.510. The second-order valence-electron chi connectivity index (χ2n) is 6.19. The van der Waals surface area contributed by atoms with Gasteiger partial charge in [0.2, 0.25) is 5.91 Å². The van der Waals surface area contributed by atoms with Gasteiger partial charge in [0, 0.05) is 33.0 Å². The number of nitrogens with zero attached hydrogens (tertiary/aromatic N) is 3. The molecule has 2 heterocycles. The van der Waals surface area contributed by atoms with Crippen molar-refractivity contribution in [2.75, 3.05) is 20.8 Å². The molecular weight excluding hydrogens is 338 g/mol. The summed E-state index contributed by atoms with van der Waals surface area (Å²) in [6.45, 7) is 0.525. The lowest BCUT2D eigenvalue weighted by molar-refractivity contribution is -0.151. The zero-order valence-corrected chi connectivity index (χ0v) is 14.8. The summed E-state index contributed by atoms with van der Waals surface area (Å²) in [6, 6.07) is 6.41. The van der Waals surface area contributed by atoms with Crippen LogP contribution in [-0.4, -0.2) is 59.2 Å². The van der Waals surface area contributed by atoms with Crippen molar-refractivity contribution < 1.29 is 19.1 Å². The van der Waals surface area contributed by atoms with Crippen molar-refractivity contribution in [2.24, 2.45) is 0 Å². The van der Waals surface area contributed by atoms with Crippen molar-refractivity contribution in [1.82, 2.24) is 14.5 Å². The largest absolute Gasteiger partial charge is 0.467 e. The number of hydrogen-bond donors (Lipinski definition) is 0. The summed E-state index contributed by atoms with van der Waals surface area (Å²) in [5.74, 6) is -0.678. The molecule has 0 spiro atoms. The minimum atomic E-state index is -0.649. The summed E-state index contributed by atoms with van der Waals surface area (Å²) in [5.41, 5.74) is 0.428. The van der Waals surface area contributed by atoms with Gasteiger partial charge in [0.05, 0.1) is 30.4 Å². The first-order chi connectivity index (χ1) is 12.5. The van der Waals surface area contributed by atoms with Crippen molar-refractivity contribution >= 4 is 22.8 Å². The maximum atomic E-state index is 12.6. The van der Waals surface area contributed by atoms with E-state index in [0.29, 0.717) is 23.9 Å². The van der Waals surface area contributed by atoms with Gasteiger partial charge in [-0.2, -0.15) is 0 Å². The lowest BCUT2D eigenvalue weighted by Crippen LogP contribution is -2.41. The van der Waals surface area contributed by atoms with Crippen molar-refractivity contribution in [3.63, 3.8) is 0 Å². The molecule has 3 rings (SSSR count). The molecule has 26 heavy (non-hydrogen) atoms. The zero-order chi connectivity index (χ0) is 18.7. The molecule has 1 aliphatic rings. The number of aromatic nitrogens is 2. The van der Waals surface area contributed by atoms with Crippen molar-refractivity contribution in [2.45, 2.75) is 31.5 Å². The quantitative estimate of drug-likeness (QED) is 0.725. The van der Waals surface area contributed by atoms with Crippen LogP contribution in [0.4, 0.5) is 0 Å². The molecule has 1 fully saturated rings. The summed E-state index contributed by atoms with van der Waals surface area (Å²) < 4.78 is 11.5. The van der Waals surface area contributed by atoms with E-state index in [1.807, 2.05) is 6.07 Å². The average molecular weight is 359 g/mol. The highest BCUT2D eigenvalue weighted by Gasteiger charge is 2.40. The third kappa shape index (κ3) is 3.45. The number of hydrogen-bond acceptors (Lipinski definition) is 6. The van der Waals surface area contributed by atoms with E-state index < -0.39 is 12.0 Å². The van der Waals surface area contributed by atoms with E-state index in [1.165, 1.54) is 22.9 Å². The Hall–Kier alpha value is -2.74. The van der Waals surface area contributed by atoms with E-state index in [2.05, 4.69) is 4.98 Å². The van der Waals surface area contributed by atoms with Gasteiger partial charge < -0.3 is 14.4 Å². The Balaban J connectivity index is 1.73. The molecule has 1 amide bonds. The van der Waals surface area contributed by atoms with Crippen LogP contribution in [0.2, 0.25) is 0 Å². The van der Waals surface area contributed by atoms with Crippen molar-refractivity contribution in [3.8, 4) is 0 Å². The molecule has 0 bridgehead atoms. The van der Waals surface area contributed by atoms with Gasteiger partial charge in [-0.1, -0.05) is 12.1 Å². The van der Waals surface area contributed by atoms with Crippen molar-refractivity contribution in [1.29, 1.82) is 0 Å². The number of carbonyl (C=O) groups excluding carboxylic acids is 2. The van der Waals surface area contributed by atoms with Gasteiger partial charge in [-0.3, -0.25) is 14.2 Å². The number of rotatable bonds is 5. The molecule has 0 aliphatic carbocycles. The van der Waals surface area contributed by atoms with Gasteiger partial charge in [-0.25, -0.2) is 9.78 Å². The molecule has 1 saturated heterocycles. The number of benzene rings is 1. The smallest absolute Gasteiger partial charge is 0.328 e. The highest BCUT2D eigenvalue weighted by molar-refractivity contribution is 5.85. The SMILES string of the molecule is COC(=O)[C@@H]1C[C@@H](OC)CN1C(=O)CCn1cnc2ccccc2c1=O. The highest BCUT2D eigenvalue weighted by atomic mass is 16.5. The summed E-state index contributed by atoms with van der Waals surface area (Å²) in [4.78, 5) is 42.7. The summed E-state index contributed by atoms with van der Waals surface area (Å²) in [7, 11) is 2.85. The summed E-state index contributed by atoms with van der Waals surface area (Å²) in [6.07, 6.45) is 1.74. The maximum absolute atomic E-state index is 12.6. The van der Waals surface area contributed by atoms with Crippen LogP contribution in [0.1, 0.15) is 12.8 Å². The number of fused-ring (bicyclic) bond motifs is 1. The fourth-order valence-electron chi connectivity index (χ4n) is 3.23. The van der Waals surface area contributed by atoms with Crippen LogP contribution in [0.3, 0.4) is 0 Å². The standard InChI is InChI=1S/C18H21N3O5/c1-25-12-9-15(18(24)26-2)21(10-12)16(22)7-8-20-11-19-14-6-4-3-5-13(14)17(20)23/h3-6,11-12,15H,7-10H2,1-2H3/t12-,15+/m1/s1. The number of aryl methyl sites for hydroxylation is 1. The number of para-hydroxylation sites is 1. The van der Waals surface area contributed by atoms with Crippen LogP contribution in [0.15, 0.2) is 35.4 Å². The Morgan fingerprint density at radius 1 is 1.27 bits per heavy atom. The van der Waals surface area contributed by atoms with E-state index in [-0.39, 0.29) is 30.5 Å². The monoisotopic (exact) mass is 359 g/mol. The van der Waals surface area contributed by atoms with Crippen molar-refractivity contribution in [3.05, 3.63) is 40.9 Å². The minimum absolute atomic E-state index is 0.0872. The van der Waals surface area contributed by atoms with Gasteiger partial charge in [0.15, 0.2) is 0 Å². The molecular formula is C18H21N3O5. The van der Waals surface area contributed by atoms with E-state index in [0.717, 1.165) is 0 Å². The maximum Gasteiger partial charge on any atom is 0.328 e. The third-order valence-corrected chi connectivity index (χ3v) is 4.69. The number of likely N-dealkylation sites (tertiary alicyclic amines) is 1. The fourth-order valence-corrected chi connectivity index (χ4v) is 3.23. The molecule has 2 atom stereocenters. The average Bonchev–Trinajstić information content (AvgIpc) is 3.11. The molecule has 1 aliphatic heterocycles. The third-order valence-electron chi connectivity index (χ3n) is 4.69. The van der Waals surface area contributed by atoms with Gasteiger partial charge in [0.1, 0.15) is 6.04 Å². The molecule has 138 valence electrons. The van der Waals surface area contributed by atoms with E-state index in [4.69, 9.17) is 9.47 Å². The zero-order valence-electron chi connectivity index (χ0n) is 14.8. The molecule has 0 radical (unpaired) electrons. The Morgan fingerprint density at radius 2 is 2.04 bits per heavy atom. The van der Waals surface area contributed by atoms with Gasteiger partial charge in [-0.15, -0.1) is 0 Å². The lowest BCUT2D eigenvalue weighted by Gasteiger charge is -2.22. The van der Waals surface area contributed by atoms with Crippen LogP contribution >= 0.6 is 0 Å². The van der Waals surface area contributed by atoms with Gasteiger partial charge in [0.25, 0.3) is 5.56 Å². The second kappa shape index (κ2) is 7.65. The number of carbonyl (C=O) groups is 2. The minimum Gasteiger partial charge on any atom is -0.467 e. The Morgan fingerprint density at radius 3 is 2.77 bits per heavy atom. The molecule has 1 aromatic carbocycles. The molecule has 0 saturated carbocycles. The number of methoxy groups -OCH3 is 2. The lowest BCUT2D eigenvalue weighted by atomic mass is 10.2. The van der Waals surface area contributed by atoms with Crippen LogP contribution in [-0.2, 0) is 25.6 Å². The molecule has 8 heteroatoms. The Kier molecular flexibility index (Phi) is 5.32. The van der Waals surface area contributed by atoms with E-state index in [1.54, 1.807) is 25.3 Å². The topological polar surface area (TPSA) is 90.7 Å². The van der Waals surface area contributed by atoms with Crippen LogP contribution in [0.25, 0.3) is 10.9 Å². The normalized spacial score (nSPS) is 19.7. The van der Waals surface area contributed by atoms with Crippen LogP contribution in [0, 0.1) is 0 Å². The molecule has 8 nitrogen and oxygen atoms in total. The molecule has 0 unspecified atom stereocenters. The van der Waals surface area contributed by atoms with Gasteiger partial charge >= 0.3 is 5.97 Å². The van der Waals surface area contributed by atoms with E-state index in [9.17, 15) is 14.4 Å². The number of esters is 1. The second-order valence-corrected chi connectivity index (χ2v) is 6.19. The fraction of sp³-hybridized carbons (Fsp3) is 0.444. The number of amides is 1. The van der Waals surface area contributed by atoms with Crippen LogP contribution in [0.5, 0.6) is 0 Å². The number of ether oxygens (including phenoxy) is 2. The first-order valence-electron chi connectivity index (χ1n) is 8.39. The first-order valence-corrected chi connectivity index (χ1v) is 8.39. The molecule has 2 aromatic rings. The predicted octanol–water partition coefficient (Wildman–Crippen LogP) is 0.575. The highest BCUT2D eigenvalue weighted by Crippen LogP contribution is 2.22. The predicted molar refractivity (Wildman–Crippen MR) is 93.6 cm³/mol. The van der Waals surface area contributed by atoms with E-state index >= 15 is 0 Å². The molecule has 0 N–H and O–H groups in total. The van der Waals surface area contributed by atoms with Gasteiger partial charge in [-0.05, 0) is 12.1 Å². The summed E-state index contributed by atoms with van der Waals surface area (Å²) >= 11 is 0. The first kappa shape index (κ1) is 18.1. The Bertz CT molecular complexity index is 879. The van der Waals surface area contributed by atoms with Crippen LogP contribution < -0.4 is 5.56 Å². The Labute approximate surface area is 150 Å². The molecule has 1 aromatic heterocycles.